The molecular weight excluding hydrogens is 268 g/mol. The van der Waals surface area contributed by atoms with Gasteiger partial charge in [-0.1, -0.05) is 35.9 Å². The summed E-state index contributed by atoms with van der Waals surface area (Å²) < 4.78 is 9.48. The predicted octanol–water partition coefficient (Wildman–Crippen LogP) is 3.67. The van der Waals surface area contributed by atoms with Crippen molar-refractivity contribution in [3.05, 3.63) is 35.9 Å². The van der Waals surface area contributed by atoms with Crippen molar-refractivity contribution in [2.45, 2.75) is 46.5 Å². The summed E-state index contributed by atoms with van der Waals surface area (Å²) >= 11 is 0. The van der Waals surface area contributed by atoms with Gasteiger partial charge in [-0.3, -0.25) is 9.59 Å². The van der Waals surface area contributed by atoms with E-state index in [-0.39, 0.29) is 11.9 Å². The molecule has 0 saturated heterocycles. The van der Waals surface area contributed by atoms with Crippen molar-refractivity contribution in [2.75, 3.05) is 13.2 Å². The zero-order chi connectivity index (χ0) is 15.9. The lowest BCUT2D eigenvalue weighted by molar-refractivity contribution is -0.145. The second-order valence-corrected chi connectivity index (χ2v) is 4.47. The highest BCUT2D eigenvalue weighted by Gasteiger charge is 2.04. The quantitative estimate of drug-likeness (QED) is 0.569. The van der Waals surface area contributed by atoms with E-state index in [1.165, 1.54) is 5.56 Å². The molecule has 0 unspecified atom stereocenters. The topological polar surface area (TPSA) is 52.6 Å². The van der Waals surface area contributed by atoms with Crippen molar-refractivity contribution in [1.82, 2.24) is 0 Å². The van der Waals surface area contributed by atoms with Crippen LogP contribution in [0.5, 0.6) is 0 Å². The zero-order valence-corrected chi connectivity index (χ0v) is 13.3. The summed E-state index contributed by atoms with van der Waals surface area (Å²) in [5, 5.41) is 0. The van der Waals surface area contributed by atoms with Crippen molar-refractivity contribution in [2.24, 2.45) is 0 Å². The predicted molar refractivity (Wildman–Crippen MR) is 82.9 cm³/mol. The van der Waals surface area contributed by atoms with Crippen LogP contribution in [0.15, 0.2) is 30.3 Å². The highest BCUT2D eigenvalue weighted by atomic mass is 16.5. The lowest BCUT2D eigenvalue weighted by Gasteiger charge is -2.02. The third kappa shape index (κ3) is 12.9. The first kappa shape index (κ1) is 19.2. The van der Waals surface area contributed by atoms with E-state index in [2.05, 4.69) is 19.1 Å². The van der Waals surface area contributed by atoms with Gasteiger partial charge in [-0.15, -0.1) is 0 Å². The lowest BCUT2D eigenvalue weighted by atomic mass is 10.2. The van der Waals surface area contributed by atoms with Gasteiger partial charge in [0, 0.05) is 12.8 Å². The Kier molecular flexibility index (Phi) is 12.0. The van der Waals surface area contributed by atoms with Gasteiger partial charge in [0.25, 0.3) is 0 Å². The van der Waals surface area contributed by atoms with Gasteiger partial charge in [-0.2, -0.15) is 0 Å². The molecule has 118 valence electrons. The molecule has 0 aliphatic rings. The number of carbonyl (C=O) groups excluding carboxylic acids is 2. The number of aryl methyl sites for hydroxylation is 1. The standard InChI is InChI=1S/C10H18O4.C7H8/c1-3-13-9(11)7-5-6-8-10(12)14-4-2;1-7-5-3-2-4-6-7/h3-8H2,1-2H3;2-6H,1H3. The summed E-state index contributed by atoms with van der Waals surface area (Å²) in [6, 6.07) is 10.3. The monoisotopic (exact) mass is 294 g/mol. The smallest absolute Gasteiger partial charge is 0.305 e. The van der Waals surface area contributed by atoms with Gasteiger partial charge in [0.05, 0.1) is 13.2 Å². The molecule has 0 aliphatic heterocycles. The SMILES string of the molecule is CCOC(=O)CCCCC(=O)OCC.Cc1ccccc1. The molecule has 0 spiro atoms. The maximum absolute atomic E-state index is 10.9. The Bertz CT molecular complexity index is 367. The van der Waals surface area contributed by atoms with Crippen molar-refractivity contribution in [3.8, 4) is 0 Å². The molecule has 1 aromatic rings. The Labute approximate surface area is 127 Å². The van der Waals surface area contributed by atoms with Crippen LogP contribution in [0.4, 0.5) is 0 Å². The fraction of sp³-hybridized carbons (Fsp3) is 0.529. The minimum atomic E-state index is -0.198. The summed E-state index contributed by atoms with van der Waals surface area (Å²) in [6.07, 6.45) is 2.12. The molecule has 0 atom stereocenters. The van der Waals surface area contributed by atoms with Gasteiger partial charge in [0.15, 0.2) is 0 Å². The number of esters is 2. The van der Waals surface area contributed by atoms with E-state index in [1.54, 1.807) is 13.8 Å². The number of carbonyl (C=O) groups is 2. The molecule has 0 heterocycles. The van der Waals surface area contributed by atoms with Crippen LogP contribution in [-0.4, -0.2) is 25.2 Å². The van der Waals surface area contributed by atoms with Crippen molar-refractivity contribution in [3.63, 3.8) is 0 Å². The average molecular weight is 294 g/mol. The van der Waals surface area contributed by atoms with E-state index in [1.807, 2.05) is 18.2 Å². The van der Waals surface area contributed by atoms with Gasteiger partial charge < -0.3 is 9.47 Å². The van der Waals surface area contributed by atoms with E-state index < -0.39 is 0 Å². The van der Waals surface area contributed by atoms with E-state index >= 15 is 0 Å². The molecule has 4 heteroatoms. The second-order valence-electron chi connectivity index (χ2n) is 4.47. The molecule has 0 N–H and O–H groups in total. The highest BCUT2D eigenvalue weighted by molar-refractivity contribution is 5.70. The van der Waals surface area contributed by atoms with Crippen molar-refractivity contribution in [1.29, 1.82) is 0 Å². The largest absolute Gasteiger partial charge is 0.466 e. The van der Waals surface area contributed by atoms with Gasteiger partial charge in [0.1, 0.15) is 0 Å². The normalized spacial score (nSPS) is 9.29. The molecule has 0 fully saturated rings. The van der Waals surface area contributed by atoms with Crippen LogP contribution in [0.3, 0.4) is 0 Å². The lowest BCUT2D eigenvalue weighted by Crippen LogP contribution is -2.06. The second kappa shape index (κ2) is 13.2. The maximum Gasteiger partial charge on any atom is 0.305 e. The Morgan fingerprint density at radius 3 is 1.57 bits per heavy atom. The van der Waals surface area contributed by atoms with Crippen LogP contribution in [0.25, 0.3) is 0 Å². The van der Waals surface area contributed by atoms with Crippen LogP contribution >= 0.6 is 0 Å². The number of benzene rings is 1. The van der Waals surface area contributed by atoms with Crippen LogP contribution in [-0.2, 0) is 19.1 Å². The van der Waals surface area contributed by atoms with Gasteiger partial charge in [0.2, 0.25) is 0 Å². The first-order valence-electron chi connectivity index (χ1n) is 7.43. The molecule has 0 amide bonds. The Morgan fingerprint density at radius 1 is 0.857 bits per heavy atom. The van der Waals surface area contributed by atoms with Crippen LogP contribution in [0, 0.1) is 6.92 Å². The summed E-state index contributed by atoms with van der Waals surface area (Å²) in [5.41, 5.74) is 1.32. The molecule has 0 aromatic heterocycles. The average Bonchev–Trinajstić information content (AvgIpc) is 2.46. The number of rotatable bonds is 7. The molecule has 4 nitrogen and oxygen atoms in total. The fourth-order valence-electron chi connectivity index (χ4n) is 1.54. The van der Waals surface area contributed by atoms with Gasteiger partial charge in [-0.05, 0) is 33.6 Å². The Balaban J connectivity index is 0.000000471. The van der Waals surface area contributed by atoms with Crippen LogP contribution in [0.2, 0.25) is 0 Å². The van der Waals surface area contributed by atoms with E-state index in [9.17, 15) is 9.59 Å². The molecular formula is C17H26O4. The third-order valence-electron chi connectivity index (χ3n) is 2.56. The first-order valence-corrected chi connectivity index (χ1v) is 7.43. The maximum atomic E-state index is 10.9. The molecule has 1 aromatic carbocycles. The Hall–Kier alpha value is -1.84. The summed E-state index contributed by atoms with van der Waals surface area (Å²) in [5.74, 6) is -0.396. The minimum Gasteiger partial charge on any atom is -0.466 e. The number of ether oxygens (including phenoxy) is 2. The highest BCUT2D eigenvalue weighted by Crippen LogP contribution is 2.02. The Morgan fingerprint density at radius 2 is 1.29 bits per heavy atom. The van der Waals surface area contributed by atoms with E-state index in [0.717, 1.165) is 0 Å². The molecule has 21 heavy (non-hydrogen) atoms. The molecule has 0 saturated carbocycles. The minimum absolute atomic E-state index is 0.198. The number of hydrogen-bond donors (Lipinski definition) is 0. The summed E-state index contributed by atoms with van der Waals surface area (Å²) in [4.78, 5) is 21.8. The first-order chi connectivity index (χ1) is 10.1. The zero-order valence-electron chi connectivity index (χ0n) is 13.3. The van der Waals surface area contributed by atoms with Crippen LogP contribution in [0.1, 0.15) is 45.1 Å². The fourth-order valence-corrected chi connectivity index (χ4v) is 1.54. The van der Waals surface area contributed by atoms with Crippen molar-refractivity contribution >= 4 is 11.9 Å². The molecule has 0 aliphatic carbocycles. The van der Waals surface area contributed by atoms with Gasteiger partial charge in [-0.25, -0.2) is 0 Å². The molecule has 0 bridgehead atoms. The van der Waals surface area contributed by atoms with Crippen LogP contribution < -0.4 is 0 Å². The molecule has 1 rings (SSSR count). The van der Waals surface area contributed by atoms with Crippen molar-refractivity contribution < 1.29 is 19.1 Å². The van der Waals surface area contributed by atoms with Gasteiger partial charge >= 0.3 is 11.9 Å². The van der Waals surface area contributed by atoms with E-state index in [0.29, 0.717) is 38.9 Å². The summed E-state index contributed by atoms with van der Waals surface area (Å²) in [7, 11) is 0. The number of unbranched alkanes of at least 4 members (excludes halogenated alkanes) is 1. The van der Waals surface area contributed by atoms with E-state index in [4.69, 9.17) is 9.47 Å². The third-order valence-corrected chi connectivity index (χ3v) is 2.56. The summed E-state index contributed by atoms with van der Waals surface area (Å²) in [6.45, 7) is 6.46. The number of hydrogen-bond acceptors (Lipinski definition) is 4. The molecule has 0 radical (unpaired) electrons.